The summed E-state index contributed by atoms with van der Waals surface area (Å²) in [5, 5.41) is 4.38. The van der Waals surface area contributed by atoms with E-state index in [1.54, 1.807) is 6.33 Å². The van der Waals surface area contributed by atoms with Gasteiger partial charge in [-0.3, -0.25) is 0 Å². The summed E-state index contributed by atoms with van der Waals surface area (Å²) < 4.78 is 3.97. The largest absolute Gasteiger partial charge is 0.349 e. The van der Waals surface area contributed by atoms with Gasteiger partial charge in [-0.05, 0) is 12.5 Å². The molecule has 1 rings (SSSR count). The van der Waals surface area contributed by atoms with Gasteiger partial charge in [0.25, 0.3) is 0 Å². The number of hydrogen-bond donors (Lipinski definition) is 1. The molecule has 1 aromatic rings. The molecule has 0 amide bonds. The summed E-state index contributed by atoms with van der Waals surface area (Å²) in [6.07, 6.45) is 1.60. The Kier molecular flexibility index (Phi) is 4.82. The number of hydrogen-bond acceptors (Lipinski definition) is 5. The van der Waals surface area contributed by atoms with Crippen molar-refractivity contribution >= 4 is 16.7 Å². The molecule has 80 valence electrons. The van der Waals surface area contributed by atoms with Crippen molar-refractivity contribution in [3.05, 3.63) is 6.33 Å². The van der Waals surface area contributed by atoms with Gasteiger partial charge in [-0.25, -0.2) is 4.98 Å². The maximum absolute atomic E-state index is 4.14. The van der Waals surface area contributed by atoms with Crippen LogP contribution in [0.3, 0.4) is 0 Å². The first-order chi connectivity index (χ1) is 6.70. The van der Waals surface area contributed by atoms with Gasteiger partial charge in [0, 0.05) is 31.7 Å². The second-order valence-corrected chi connectivity index (χ2v) is 4.50. The molecule has 1 N–H and O–H groups in total. The zero-order valence-electron chi connectivity index (χ0n) is 9.03. The standard InChI is InChI=1S/C9H18N4S/c1-8(2)6-10-4-5-13(3)9-11-7-12-14-9/h7-8,10H,4-6H2,1-3H3. The Morgan fingerprint density at radius 2 is 2.36 bits per heavy atom. The number of aromatic nitrogens is 2. The number of nitrogens with zero attached hydrogens (tertiary/aromatic N) is 3. The van der Waals surface area contributed by atoms with Crippen molar-refractivity contribution < 1.29 is 0 Å². The predicted molar refractivity (Wildman–Crippen MR) is 60.9 cm³/mol. The van der Waals surface area contributed by atoms with E-state index in [-0.39, 0.29) is 0 Å². The van der Waals surface area contributed by atoms with Crippen molar-refractivity contribution in [2.75, 3.05) is 31.6 Å². The monoisotopic (exact) mass is 214 g/mol. The van der Waals surface area contributed by atoms with E-state index in [9.17, 15) is 0 Å². The molecule has 4 nitrogen and oxygen atoms in total. The second kappa shape index (κ2) is 5.93. The van der Waals surface area contributed by atoms with E-state index < -0.39 is 0 Å². The van der Waals surface area contributed by atoms with Crippen LogP contribution >= 0.6 is 11.5 Å². The third kappa shape index (κ3) is 4.02. The number of likely N-dealkylation sites (N-methyl/N-ethyl adjacent to an activating group) is 1. The van der Waals surface area contributed by atoms with Gasteiger partial charge >= 0.3 is 0 Å². The van der Waals surface area contributed by atoms with E-state index in [1.807, 2.05) is 7.05 Å². The van der Waals surface area contributed by atoms with Gasteiger partial charge in [0.2, 0.25) is 5.13 Å². The van der Waals surface area contributed by atoms with Crippen molar-refractivity contribution in [3.63, 3.8) is 0 Å². The van der Waals surface area contributed by atoms with Crippen molar-refractivity contribution in [2.45, 2.75) is 13.8 Å². The highest BCUT2D eigenvalue weighted by Crippen LogP contribution is 2.11. The number of anilines is 1. The fraction of sp³-hybridized carbons (Fsp3) is 0.778. The van der Waals surface area contributed by atoms with Gasteiger partial charge in [-0.15, -0.1) is 0 Å². The molecule has 1 heterocycles. The maximum Gasteiger partial charge on any atom is 0.204 e. The van der Waals surface area contributed by atoms with Gasteiger partial charge in [0.05, 0.1) is 0 Å². The van der Waals surface area contributed by atoms with Crippen LogP contribution in [0.15, 0.2) is 6.33 Å². The van der Waals surface area contributed by atoms with Crippen LogP contribution in [0.1, 0.15) is 13.8 Å². The Morgan fingerprint density at radius 3 is 2.93 bits per heavy atom. The molecule has 1 aromatic heterocycles. The second-order valence-electron chi connectivity index (χ2n) is 3.74. The Labute approximate surface area is 89.5 Å². The molecule has 0 spiro atoms. The van der Waals surface area contributed by atoms with Crippen LogP contribution in [-0.2, 0) is 0 Å². The van der Waals surface area contributed by atoms with Gasteiger partial charge < -0.3 is 10.2 Å². The third-order valence-electron chi connectivity index (χ3n) is 1.85. The molecule has 0 bridgehead atoms. The molecular weight excluding hydrogens is 196 g/mol. The van der Waals surface area contributed by atoms with Crippen LogP contribution in [0.4, 0.5) is 5.13 Å². The summed E-state index contributed by atoms with van der Waals surface area (Å²) in [5.74, 6) is 0.710. The topological polar surface area (TPSA) is 41.0 Å². The first kappa shape index (κ1) is 11.4. The van der Waals surface area contributed by atoms with Gasteiger partial charge in [0.15, 0.2) is 0 Å². The predicted octanol–water partition coefficient (Wildman–Crippen LogP) is 1.22. The molecule has 0 atom stereocenters. The average Bonchev–Trinajstić information content (AvgIpc) is 2.64. The van der Waals surface area contributed by atoms with E-state index in [2.05, 4.69) is 33.4 Å². The van der Waals surface area contributed by atoms with E-state index >= 15 is 0 Å². The first-order valence-corrected chi connectivity index (χ1v) is 5.66. The molecule has 0 saturated heterocycles. The van der Waals surface area contributed by atoms with Gasteiger partial charge in [-0.2, -0.15) is 4.37 Å². The molecule has 0 fully saturated rings. The van der Waals surface area contributed by atoms with Crippen LogP contribution in [0.25, 0.3) is 0 Å². The quantitative estimate of drug-likeness (QED) is 0.723. The third-order valence-corrected chi connectivity index (χ3v) is 2.63. The lowest BCUT2D eigenvalue weighted by molar-refractivity contribution is 0.554. The maximum atomic E-state index is 4.14. The normalized spacial score (nSPS) is 10.9. The highest BCUT2D eigenvalue weighted by atomic mass is 32.1. The van der Waals surface area contributed by atoms with Crippen LogP contribution in [-0.4, -0.2) is 36.0 Å². The lowest BCUT2D eigenvalue weighted by Crippen LogP contribution is -2.30. The molecular formula is C9H18N4S. The zero-order valence-corrected chi connectivity index (χ0v) is 9.84. The molecule has 0 radical (unpaired) electrons. The summed E-state index contributed by atoms with van der Waals surface area (Å²) in [4.78, 5) is 6.25. The summed E-state index contributed by atoms with van der Waals surface area (Å²) in [7, 11) is 2.04. The van der Waals surface area contributed by atoms with Crippen molar-refractivity contribution in [2.24, 2.45) is 5.92 Å². The van der Waals surface area contributed by atoms with Crippen molar-refractivity contribution in [1.82, 2.24) is 14.7 Å². The Hall–Kier alpha value is -0.680. The van der Waals surface area contributed by atoms with E-state index in [0.29, 0.717) is 5.92 Å². The van der Waals surface area contributed by atoms with Crippen LogP contribution < -0.4 is 10.2 Å². The SMILES string of the molecule is CC(C)CNCCN(C)c1ncns1. The lowest BCUT2D eigenvalue weighted by Gasteiger charge is -2.15. The van der Waals surface area contributed by atoms with Gasteiger partial charge in [-0.1, -0.05) is 13.8 Å². The minimum Gasteiger partial charge on any atom is -0.349 e. The Morgan fingerprint density at radius 1 is 1.57 bits per heavy atom. The van der Waals surface area contributed by atoms with Crippen molar-refractivity contribution in [3.8, 4) is 0 Å². The molecule has 0 unspecified atom stereocenters. The Balaban J connectivity index is 2.13. The number of rotatable bonds is 6. The molecule has 14 heavy (non-hydrogen) atoms. The minimum absolute atomic E-state index is 0.710. The van der Waals surface area contributed by atoms with E-state index in [4.69, 9.17) is 0 Å². The Bertz CT molecular complexity index is 235. The summed E-state index contributed by atoms with van der Waals surface area (Å²) in [5.41, 5.74) is 0. The zero-order chi connectivity index (χ0) is 10.4. The molecule has 0 aliphatic rings. The van der Waals surface area contributed by atoms with E-state index in [1.165, 1.54) is 11.5 Å². The lowest BCUT2D eigenvalue weighted by atomic mass is 10.2. The summed E-state index contributed by atoms with van der Waals surface area (Å²) in [6.45, 7) is 7.46. The van der Waals surface area contributed by atoms with Crippen LogP contribution in [0.5, 0.6) is 0 Å². The molecule has 0 aliphatic carbocycles. The highest BCUT2D eigenvalue weighted by Gasteiger charge is 2.02. The van der Waals surface area contributed by atoms with Crippen LogP contribution in [0, 0.1) is 5.92 Å². The van der Waals surface area contributed by atoms with Gasteiger partial charge in [0.1, 0.15) is 6.33 Å². The van der Waals surface area contributed by atoms with E-state index in [0.717, 1.165) is 24.8 Å². The minimum atomic E-state index is 0.710. The number of nitrogens with one attached hydrogen (secondary N) is 1. The molecule has 5 heteroatoms. The summed E-state index contributed by atoms with van der Waals surface area (Å²) >= 11 is 1.43. The molecule has 0 aromatic carbocycles. The fourth-order valence-corrected chi connectivity index (χ4v) is 1.58. The first-order valence-electron chi connectivity index (χ1n) is 4.88. The summed E-state index contributed by atoms with van der Waals surface area (Å²) in [6, 6.07) is 0. The molecule has 0 saturated carbocycles. The smallest absolute Gasteiger partial charge is 0.204 e. The average molecular weight is 214 g/mol. The highest BCUT2D eigenvalue weighted by molar-refractivity contribution is 7.09. The fourth-order valence-electron chi connectivity index (χ4n) is 1.07. The van der Waals surface area contributed by atoms with Crippen LogP contribution in [0.2, 0.25) is 0 Å². The molecule has 0 aliphatic heterocycles. The van der Waals surface area contributed by atoms with Crippen molar-refractivity contribution in [1.29, 1.82) is 0 Å².